The molecule has 0 saturated heterocycles. The number of rotatable bonds is 4. The average Bonchev–Trinajstić information content (AvgIpc) is 2.40. The fourth-order valence-corrected chi connectivity index (χ4v) is 1.44. The molecule has 0 amide bonds. The lowest BCUT2D eigenvalue weighted by molar-refractivity contribution is 0.100. The molecule has 0 aliphatic heterocycles. The molecule has 0 saturated carbocycles. The molecule has 1 aromatic carbocycles. The minimum atomic E-state index is -0.368. The van der Waals surface area contributed by atoms with E-state index in [0.29, 0.717) is 0 Å². The maximum absolute atomic E-state index is 11.8. The Labute approximate surface area is 108 Å². The van der Waals surface area contributed by atoms with Gasteiger partial charge in [0.05, 0.1) is 12.1 Å². The van der Waals surface area contributed by atoms with Crippen LogP contribution in [0.2, 0.25) is 0 Å². The van der Waals surface area contributed by atoms with E-state index in [1.54, 1.807) is 12.1 Å². The second kappa shape index (κ2) is 5.30. The predicted octanol–water partition coefficient (Wildman–Crippen LogP) is 0.474. The van der Waals surface area contributed by atoms with Crippen molar-refractivity contribution in [3.05, 3.63) is 45.9 Å². The Kier molecular flexibility index (Phi) is 3.56. The molecule has 19 heavy (non-hydrogen) atoms. The highest BCUT2D eigenvalue weighted by molar-refractivity contribution is 6.01. The Balaban J connectivity index is 2.07. The highest BCUT2D eigenvalue weighted by Gasteiger charge is 2.10. The summed E-state index contributed by atoms with van der Waals surface area (Å²) in [5.41, 5.74) is 0.0857. The number of carbonyl (C=O) groups is 1. The van der Waals surface area contributed by atoms with Gasteiger partial charge in [-0.25, -0.2) is 0 Å². The van der Waals surface area contributed by atoms with Crippen molar-refractivity contribution < 1.29 is 9.90 Å². The number of phenolic OH excluding ortho intramolecular Hbond substituents is 1. The van der Waals surface area contributed by atoms with Crippen LogP contribution in [0.15, 0.2) is 29.1 Å². The Hall–Kier alpha value is -2.70. The van der Waals surface area contributed by atoms with Gasteiger partial charge in [-0.15, -0.1) is 10.2 Å². The van der Waals surface area contributed by atoms with Crippen molar-refractivity contribution >= 4 is 11.7 Å². The molecule has 0 unspecified atom stereocenters. The molecule has 0 atom stereocenters. The summed E-state index contributed by atoms with van der Waals surface area (Å²) >= 11 is 0. The molecule has 1 heterocycles. The molecule has 0 aliphatic carbocycles. The fourth-order valence-electron chi connectivity index (χ4n) is 1.44. The van der Waals surface area contributed by atoms with Crippen molar-refractivity contribution in [2.24, 2.45) is 0 Å². The van der Waals surface area contributed by atoms with Crippen LogP contribution >= 0.6 is 0 Å². The van der Waals surface area contributed by atoms with Gasteiger partial charge in [-0.2, -0.15) is 0 Å². The molecule has 2 rings (SSSR count). The van der Waals surface area contributed by atoms with Crippen LogP contribution in [-0.2, 0) is 0 Å². The van der Waals surface area contributed by atoms with Crippen molar-refractivity contribution in [2.45, 2.75) is 6.92 Å². The quantitative estimate of drug-likeness (QED) is 0.690. The number of hydrogen-bond acceptors (Lipinski definition) is 6. The van der Waals surface area contributed by atoms with E-state index in [0.717, 1.165) is 0 Å². The Morgan fingerprint density at radius 3 is 2.79 bits per heavy atom. The number of aryl methyl sites for hydroxylation is 1. The van der Waals surface area contributed by atoms with Crippen LogP contribution in [0, 0.1) is 6.92 Å². The van der Waals surface area contributed by atoms with Crippen molar-refractivity contribution in [3.8, 4) is 5.75 Å². The van der Waals surface area contributed by atoms with E-state index in [-0.39, 0.29) is 40.8 Å². The van der Waals surface area contributed by atoms with Crippen LogP contribution in [0.1, 0.15) is 16.1 Å². The molecular weight excluding hydrogens is 248 g/mol. The maximum Gasteiger partial charge on any atom is 0.273 e. The minimum absolute atomic E-state index is 0.0854. The first-order valence-corrected chi connectivity index (χ1v) is 5.56. The number of aromatic nitrogens is 3. The van der Waals surface area contributed by atoms with Gasteiger partial charge in [0, 0.05) is 0 Å². The maximum atomic E-state index is 11.8. The van der Waals surface area contributed by atoms with Crippen LogP contribution < -0.4 is 10.9 Å². The topological polar surface area (TPSA) is 108 Å². The summed E-state index contributed by atoms with van der Waals surface area (Å²) in [5, 5.41) is 19.5. The molecule has 0 spiro atoms. The summed E-state index contributed by atoms with van der Waals surface area (Å²) in [6.07, 6.45) is 0. The van der Waals surface area contributed by atoms with Gasteiger partial charge < -0.3 is 10.4 Å². The highest BCUT2D eigenvalue weighted by atomic mass is 16.3. The van der Waals surface area contributed by atoms with Gasteiger partial charge in [-0.3, -0.25) is 14.6 Å². The minimum Gasteiger partial charge on any atom is -0.507 e. The number of phenols is 1. The number of benzene rings is 1. The zero-order chi connectivity index (χ0) is 13.8. The number of para-hydroxylation sites is 1. The number of aromatic amines is 1. The number of Topliss-reactive ketones (excluding diaryl/α,β-unsaturated/α-hetero) is 1. The van der Waals surface area contributed by atoms with Crippen molar-refractivity contribution in [1.29, 1.82) is 0 Å². The number of H-pyrrole nitrogens is 1. The lowest BCUT2D eigenvalue weighted by atomic mass is 10.1. The van der Waals surface area contributed by atoms with E-state index >= 15 is 0 Å². The number of nitrogens with one attached hydrogen (secondary N) is 2. The molecule has 2 aromatic rings. The number of carbonyl (C=O) groups excluding carboxylic acids is 1. The third-order valence-electron chi connectivity index (χ3n) is 2.48. The zero-order valence-electron chi connectivity index (χ0n) is 10.2. The van der Waals surface area contributed by atoms with Gasteiger partial charge in [-0.05, 0) is 19.1 Å². The van der Waals surface area contributed by atoms with Gasteiger partial charge in [0.15, 0.2) is 5.78 Å². The lowest BCUT2D eigenvalue weighted by Crippen LogP contribution is -2.21. The van der Waals surface area contributed by atoms with E-state index in [2.05, 4.69) is 20.5 Å². The van der Waals surface area contributed by atoms with Gasteiger partial charge in [0.25, 0.3) is 5.56 Å². The standard InChI is InChI=1S/C12H12N4O3/c1-7-11(19)14-12(16-15-7)13-6-10(18)8-4-2-3-5-9(8)17/h2-5,17H,6H2,1H3,(H2,13,14,16,19). The van der Waals surface area contributed by atoms with Gasteiger partial charge >= 0.3 is 0 Å². The number of nitrogens with zero attached hydrogens (tertiary/aromatic N) is 2. The van der Waals surface area contributed by atoms with E-state index in [4.69, 9.17) is 0 Å². The average molecular weight is 260 g/mol. The van der Waals surface area contributed by atoms with Crippen molar-refractivity contribution in [1.82, 2.24) is 15.2 Å². The van der Waals surface area contributed by atoms with Crippen LogP contribution in [0.25, 0.3) is 0 Å². The number of aromatic hydroxyl groups is 1. The molecule has 7 heteroatoms. The van der Waals surface area contributed by atoms with Gasteiger partial charge in [0.1, 0.15) is 11.4 Å². The molecule has 7 nitrogen and oxygen atoms in total. The summed E-state index contributed by atoms with van der Waals surface area (Å²) in [7, 11) is 0. The van der Waals surface area contributed by atoms with Crippen LogP contribution in [0.4, 0.5) is 5.95 Å². The van der Waals surface area contributed by atoms with Crippen molar-refractivity contribution in [3.63, 3.8) is 0 Å². The SMILES string of the molecule is Cc1nnc(NCC(=O)c2ccccc2O)[nH]c1=O. The highest BCUT2D eigenvalue weighted by Crippen LogP contribution is 2.15. The molecule has 0 bridgehead atoms. The molecule has 1 aromatic heterocycles. The Bertz CT molecular complexity index is 666. The summed E-state index contributed by atoms with van der Waals surface area (Å²) in [6.45, 7) is 1.42. The van der Waals surface area contributed by atoms with E-state index in [1.165, 1.54) is 19.1 Å². The largest absolute Gasteiger partial charge is 0.507 e. The van der Waals surface area contributed by atoms with Gasteiger partial charge in [0.2, 0.25) is 5.95 Å². The first-order valence-electron chi connectivity index (χ1n) is 5.56. The number of ketones is 1. The molecule has 0 fully saturated rings. The summed E-state index contributed by atoms with van der Waals surface area (Å²) in [6, 6.07) is 6.23. The number of hydrogen-bond donors (Lipinski definition) is 3. The predicted molar refractivity (Wildman–Crippen MR) is 68.3 cm³/mol. The normalized spacial score (nSPS) is 10.2. The van der Waals surface area contributed by atoms with E-state index in [9.17, 15) is 14.7 Å². The fraction of sp³-hybridized carbons (Fsp3) is 0.167. The smallest absolute Gasteiger partial charge is 0.273 e. The van der Waals surface area contributed by atoms with Crippen LogP contribution in [0.3, 0.4) is 0 Å². The lowest BCUT2D eigenvalue weighted by Gasteiger charge is -2.05. The van der Waals surface area contributed by atoms with Gasteiger partial charge in [-0.1, -0.05) is 12.1 Å². The Morgan fingerprint density at radius 2 is 2.11 bits per heavy atom. The second-order valence-electron chi connectivity index (χ2n) is 3.88. The second-order valence-corrected chi connectivity index (χ2v) is 3.88. The first-order chi connectivity index (χ1) is 9.08. The third-order valence-corrected chi connectivity index (χ3v) is 2.48. The van der Waals surface area contributed by atoms with E-state index in [1.807, 2.05) is 0 Å². The zero-order valence-corrected chi connectivity index (χ0v) is 10.2. The third kappa shape index (κ3) is 2.95. The molecule has 3 N–H and O–H groups in total. The number of anilines is 1. The molecular formula is C12H12N4O3. The molecule has 98 valence electrons. The summed E-state index contributed by atoms with van der Waals surface area (Å²) < 4.78 is 0. The molecule has 0 aliphatic rings. The van der Waals surface area contributed by atoms with Crippen LogP contribution in [0.5, 0.6) is 5.75 Å². The van der Waals surface area contributed by atoms with Crippen LogP contribution in [-0.4, -0.2) is 32.6 Å². The summed E-state index contributed by atoms with van der Waals surface area (Å²) in [4.78, 5) is 25.6. The summed E-state index contributed by atoms with van der Waals surface area (Å²) in [5.74, 6) is -0.293. The monoisotopic (exact) mass is 260 g/mol. The first kappa shape index (κ1) is 12.7. The van der Waals surface area contributed by atoms with Crippen molar-refractivity contribution in [2.75, 3.05) is 11.9 Å². The Morgan fingerprint density at radius 1 is 1.37 bits per heavy atom. The van der Waals surface area contributed by atoms with E-state index < -0.39 is 0 Å². The molecule has 0 radical (unpaired) electrons.